The SMILES string of the molecule is CCC1C(C)CNc2nc(CC(=O)O)nn21. The van der Waals surface area contributed by atoms with Crippen LogP contribution < -0.4 is 5.32 Å². The maximum atomic E-state index is 10.6. The number of carboxylic acid groups (broad SMARTS) is 1. The summed E-state index contributed by atoms with van der Waals surface area (Å²) in [6.07, 6.45) is 0.859. The van der Waals surface area contributed by atoms with Crippen molar-refractivity contribution in [3.8, 4) is 0 Å². The molecule has 6 heteroatoms. The molecule has 0 aliphatic carbocycles. The van der Waals surface area contributed by atoms with Gasteiger partial charge in [-0.2, -0.15) is 10.1 Å². The first-order valence-corrected chi connectivity index (χ1v) is 5.53. The van der Waals surface area contributed by atoms with E-state index in [1.165, 1.54) is 0 Å². The summed E-state index contributed by atoms with van der Waals surface area (Å²) >= 11 is 0. The summed E-state index contributed by atoms with van der Waals surface area (Å²) in [6.45, 7) is 5.13. The number of hydrogen-bond donors (Lipinski definition) is 2. The van der Waals surface area contributed by atoms with Crippen molar-refractivity contribution in [2.45, 2.75) is 32.7 Å². The Morgan fingerprint density at radius 3 is 3.06 bits per heavy atom. The molecule has 0 radical (unpaired) electrons. The molecule has 2 atom stereocenters. The fraction of sp³-hybridized carbons (Fsp3) is 0.700. The number of hydrogen-bond acceptors (Lipinski definition) is 4. The summed E-state index contributed by atoms with van der Waals surface area (Å²) in [5.74, 6) is 0.657. The molecule has 1 aliphatic heterocycles. The lowest BCUT2D eigenvalue weighted by atomic mass is 9.98. The van der Waals surface area contributed by atoms with E-state index in [9.17, 15) is 4.79 Å². The highest BCUT2D eigenvalue weighted by molar-refractivity contribution is 5.69. The van der Waals surface area contributed by atoms with Gasteiger partial charge in [-0.15, -0.1) is 0 Å². The van der Waals surface area contributed by atoms with Crippen molar-refractivity contribution in [1.29, 1.82) is 0 Å². The Labute approximate surface area is 93.7 Å². The number of carbonyl (C=O) groups is 1. The Balaban J connectivity index is 2.28. The number of nitrogens with zero attached hydrogens (tertiary/aromatic N) is 3. The molecule has 1 aromatic heterocycles. The third-order valence-electron chi connectivity index (χ3n) is 2.96. The summed E-state index contributed by atoms with van der Waals surface area (Å²) in [5, 5.41) is 16.1. The van der Waals surface area contributed by atoms with Gasteiger partial charge in [-0.3, -0.25) is 4.79 Å². The molecule has 0 saturated carbocycles. The van der Waals surface area contributed by atoms with Crippen LogP contribution in [0.15, 0.2) is 0 Å². The van der Waals surface area contributed by atoms with Crippen LogP contribution in [0.3, 0.4) is 0 Å². The van der Waals surface area contributed by atoms with E-state index < -0.39 is 5.97 Å². The van der Waals surface area contributed by atoms with Gasteiger partial charge in [0.15, 0.2) is 5.82 Å². The Morgan fingerprint density at radius 2 is 2.44 bits per heavy atom. The van der Waals surface area contributed by atoms with E-state index in [1.54, 1.807) is 0 Å². The molecule has 0 bridgehead atoms. The normalized spacial score (nSPS) is 23.6. The predicted molar refractivity (Wildman–Crippen MR) is 58.3 cm³/mol. The molecule has 1 aromatic rings. The summed E-state index contributed by atoms with van der Waals surface area (Å²) < 4.78 is 1.83. The standard InChI is InChI=1S/C10H16N4O2/c1-3-7-6(2)5-11-10-12-8(4-9(15)16)13-14(7)10/h6-7H,3-5H2,1-2H3,(H,15,16)(H,11,12,13). The van der Waals surface area contributed by atoms with Crippen LogP contribution >= 0.6 is 0 Å². The molecule has 2 heterocycles. The summed E-state index contributed by atoms with van der Waals surface area (Å²) in [7, 11) is 0. The molecular formula is C10H16N4O2. The fourth-order valence-electron chi connectivity index (χ4n) is 2.13. The van der Waals surface area contributed by atoms with E-state index >= 15 is 0 Å². The van der Waals surface area contributed by atoms with E-state index in [2.05, 4.69) is 29.2 Å². The van der Waals surface area contributed by atoms with Crippen LogP contribution in [0, 0.1) is 5.92 Å². The van der Waals surface area contributed by atoms with Gasteiger partial charge in [0.2, 0.25) is 5.95 Å². The zero-order chi connectivity index (χ0) is 11.7. The zero-order valence-electron chi connectivity index (χ0n) is 9.47. The summed E-state index contributed by atoms with van der Waals surface area (Å²) in [6, 6.07) is 0.311. The predicted octanol–water partition coefficient (Wildman–Crippen LogP) is 0.918. The molecule has 1 aliphatic rings. The van der Waals surface area contributed by atoms with Gasteiger partial charge in [-0.05, 0) is 12.3 Å². The third kappa shape index (κ3) is 1.87. The van der Waals surface area contributed by atoms with Gasteiger partial charge in [0.1, 0.15) is 6.42 Å². The fourth-order valence-corrected chi connectivity index (χ4v) is 2.13. The molecule has 0 spiro atoms. The topological polar surface area (TPSA) is 80.0 Å². The van der Waals surface area contributed by atoms with E-state index in [-0.39, 0.29) is 6.42 Å². The van der Waals surface area contributed by atoms with E-state index in [0.717, 1.165) is 13.0 Å². The third-order valence-corrected chi connectivity index (χ3v) is 2.96. The van der Waals surface area contributed by atoms with Crippen LogP contribution in [-0.2, 0) is 11.2 Å². The second-order valence-electron chi connectivity index (χ2n) is 4.20. The van der Waals surface area contributed by atoms with Crippen molar-refractivity contribution in [2.24, 2.45) is 5.92 Å². The van der Waals surface area contributed by atoms with Crippen molar-refractivity contribution < 1.29 is 9.90 Å². The quantitative estimate of drug-likeness (QED) is 0.798. The lowest BCUT2D eigenvalue weighted by molar-refractivity contribution is -0.136. The van der Waals surface area contributed by atoms with Crippen LogP contribution in [-0.4, -0.2) is 32.4 Å². The Bertz CT molecular complexity index is 402. The monoisotopic (exact) mass is 224 g/mol. The molecule has 0 aromatic carbocycles. The molecule has 6 nitrogen and oxygen atoms in total. The Kier molecular flexibility index (Phi) is 2.80. The van der Waals surface area contributed by atoms with Gasteiger partial charge >= 0.3 is 5.97 Å². The number of fused-ring (bicyclic) bond motifs is 1. The smallest absolute Gasteiger partial charge is 0.311 e. The maximum Gasteiger partial charge on any atom is 0.311 e. The molecule has 0 fully saturated rings. The van der Waals surface area contributed by atoms with Gasteiger partial charge in [0.25, 0.3) is 0 Å². The first-order valence-electron chi connectivity index (χ1n) is 5.53. The molecule has 16 heavy (non-hydrogen) atoms. The van der Waals surface area contributed by atoms with Gasteiger partial charge in [0.05, 0.1) is 6.04 Å². The molecule has 2 unspecified atom stereocenters. The summed E-state index contributed by atoms with van der Waals surface area (Å²) in [5.41, 5.74) is 0. The number of carboxylic acids is 1. The van der Waals surface area contributed by atoms with Crippen molar-refractivity contribution in [1.82, 2.24) is 14.8 Å². The maximum absolute atomic E-state index is 10.6. The van der Waals surface area contributed by atoms with Crippen molar-refractivity contribution >= 4 is 11.9 Å². The number of aliphatic carboxylic acids is 1. The highest BCUT2D eigenvalue weighted by Gasteiger charge is 2.27. The van der Waals surface area contributed by atoms with Gasteiger partial charge in [-0.1, -0.05) is 13.8 Å². The average molecular weight is 224 g/mol. The van der Waals surface area contributed by atoms with Gasteiger partial charge < -0.3 is 10.4 Å². The minimum absolute atomic E-state index is 0.119. The minimum Gasteiger partial charge on any atom is -0.481 e. The van der Waals surface area contributed by atoms with Crippen molar-refractivity contribution in [2.75, 3.05) is 11.9 Å². The van der Waals surface area contributed by atoms with E-state index in [0.29, 0.717) is 23.7 Å². The first-order chi connectivity index (χ1) is 7.61. The largest absolute Gasteiger partial charge is 0.481 e. The molecular weight excluding hydrogens is 208 g/mol. The van der Waals surface area contributed by atoms with Crippen LogP contribution in [0.25, 0.3) is 0 Å². The zero-order valence-corrected chi connectivity index (χ0v) is 9.47. The Hall–Kier alpha value is -1.59. The van der Waals surface area contributed by atoms with Crippen LogP contribution in [0.2, 0.25) is 0 Å². The number of anilines is 1. The minimum atomic E-state index is -0.899. The summed E-state index contributed by atoms with van der Waals surface area (Å²) in [4.78, 5) is 14.8. The van der Waals surface area contributed by atoms with Gasteiger partial charge in [-0.25, -0.2) is 4.68 Å². The number of rotatable bonds is 3. The first kappa shape index (κ1) is 10.9. The lowest BCUT2D eigenvalue weighted by Crippen LogP contribution is -2.31. The number of aromatic nitrogens is 3. The van der Waals surface area contributed by atoms with Gasteiger partial charge in [0, 0.05) is 6.54 Å². The van der Waals surface area contributed by atoms with E-state index in [4.69, 9.17) is 5.11 Å². The molecule has 2 N–H and O–H groups in total. The van der Waals surface area contributed by atoms with Crippen LogP contribution in [0.4, 0.5) is 5.95 Å². The molecule has 88 valence electrons. The van der Waals surface area contributed by atoms with Crippen LogP contribution in [0.1, 0.15) is 32.1 Å². The lowest BCUT2D eigenvalue weighted by Gasteiger charge is -2.29. The highest BCUT2D eigenvalue weighted by atomic mass is 16.4. The van der Waals surface area contributed by atoms with Crippen LogP contribution in [0.5, 0.6) is 0 Å². The van der Waals surface area contributed by atoms with Crippen molar-refractivity contribution in [3.63, 3.8) is 0 Å². The number of nitrogens with one attached hydrogen (secondary N) is 1. The van der Waals surface area contributed by atoms with E-state index in [1.807, 2.05) is 4.68 Å². The molecule has 0 saturated heterocycles. The molecule has 0 amide bonds. The molecule has 2 rings (SSSR count). The highest BCUT2D eigenvalue weighted by Crippen LogP contribution is 2.28. The van der Waals surface area contributed by atoms with Crippen molar-refractivity contribution in [3.05, 3.63) is 5.82 Å². The average Bonchev–Trinajstić information content (AvgIpc) is 2.59. The second-order valence-corrected chi connectivity index (χ2v) is 4.20. The Morgan fingerprint density at radius 1 is 1.69 bits per heavy atom. The second kappa shape index (κ2) is 4.11.